The van der Waals surface area contributed by atoms with Gasteiger partial charge in [-0.3, -0.25) is 0 Å². The summed E-state index contributed by atoms with van der Waals surface area (Å²) >= 11 is 1.69. The monoisotopic (exact) mass is 279 g/mol. The van der Waals surface area contributed by atoms with E-state index in [0.717, 1.165) is 6.54 Å². The van der Waals surface area contributed by atoms with Crippen LogP contribution < -0.4 is 10.1 Å². The third-order valence-electron chi connectivity index (χ3n) is 3.02. The SMILES string of the molecule is CCNC(Cc1cccc(OC)c1F)c1cccs1. The van der Waals surface area contributed by atoms with Crippen molar-refractivity contribution in [2.45, 2.75) is 19.4 Å². The molecule has 0 bridgehead atoms. The first-order chi connectivity index (χ1) is 9.26. The number of benzene rings is 1. The number of nitrogens with one attached hydrogen (secondary N) is 1. The lowest BCUT2D eigenvalue weighted by Gasteiger charge is -2.17. The zero-order valence-corrected chi connectivity index (χ0v) is 12.0. The van der Waals surface area contributed by atoms with E-state index >= 15 is 0 Å². The highest BCUT2D eigenvalue weighted by Crippen LogP contribution is 2.27. The molecule has 0 radical (unpaired) electrons. The quantitative estimate of drug-likeness (QED) is 0.868. The molecule has 0 aliphatic rings. The van der Waals surface area contributed by atoms with Gasteiger partial charge in [0.2, 0.25) is 0 Å². The van der Waals surface area contributed by atoms with Gasteiger partial charge in [-0.2, -0.15) is 0 Å². The fraction of sp³-hybridized carbons (Fsp3) is 0.333. The summed E-state index contributed by atoms with van der Waals surface area (Å²) in [6, 6.07) is 9.53. The van der Waals surface area contributed by atoms with Gasteiger partial charge in [0, 0.05) is 10.9 Å². The molecule has 0 fully saturated rings. The lowest BCUT2D eigenvalue weighted by Crippen LogP contribution is -2.22. The van der Waals surface area contributed by atoms with E-state index in [4.69, 9.17) is 4.74 Å². The van der Waals surface area contributed by atoms with E-state index in [1.807, 2.05) is 23.6 Å². The zero-order chi connectivity index (χ0) is 13.7. The highest BCUT2D eigenvalue weighted by Gasteiger charge is 2.16. The Bertz CT molecular complexity index is 513. The van der Waals surface area contributed by atoms with Crippen molar-refractivity contribution >= 4 is 11.3 Å². The highest BCUT2D eigenvalue weighted by atomic mass is 32.1. The Balaban J connectivity index is 2.22. The van der Waals surface area contributed by atoms with Crippen molar-refractivity contribution in [2.24, 2.45) is 0 Å². The third-order valence-corrected chi connectivity index (χ3v) is 4.01. The predicted octanol–water partition coefficient (Wildman–Crippen LogP) is 3.79. The van der Waals surface area contributed by atoms with Crippen LogP contribution in [0.4, 0.5) is 4.39 Å². The van der Waals surface area contributed by atoms with Crippen molar-refractivity contribution in [1.29, 1.82) is 0 Å². The van der Waals surface area contributed by atoms with E-state index in [9.17, 15) is 4.39 Å². The van der Waals surface area contributed by atoms with Crippen LogP contribution in [0.3, 0.4) is 0 Å². The van der Waals surface area contributed by atoms with E-state index in [2.05, 4.69) is 18.3 Å². The topological polar surface area (TPSA) is 21.3 Å². The second kappa shape index (κ2) is 6.68. The number of thiophene rings is 1. The normalized spacial score (nSPS) is 12.4. The first-order valence-electron chi connectivity index (χ1n) is 6.34. The first kappa shape index (κ1) is 14.0. The Morgan fingerprint density at radius 3 is 2.79 bits per heavy atom. The van der Waals surface area contributed by atoms with Crippen molar-refractivity contribution < 1.29 is 9.13 Å². The van der Waals surface area contributed by atoms with Crippen LogP contribution >= 0.6 is 11.3 Å². The van der Waals surface area contributed by atoms with E-state index < -0.39 is 0 Å². The van der Waals surface area contributed by atoms with Crippen LogP contribution in [0.15, 0.2) is 35.7 Å². The molecule has 19 heavy (non-hydrogen) atoms. The number of ether oxygens (including phenoxy) is 1. The average molecular weight is 279 g/mol. The Hall–Kier alpha value is -1.39. The molecule has 2 aromatic rings. The summed E-state index contributed by atoms with van der Waals surface area (Å²) in [6.45, 7) is 2.91. The fourth-order valence-electron chi connectivity index (χ4n) is 2.10. The second-order valence-corrected chi connectivity index (χ2v) is 5.24. The van der Waals surface area contributed by atoms with Gasteiger partial charge in [0.25, 0.3) is 0 Å². The Kier molecular flexibility index (Phi) is 4.93. The lowest BCUT2D eigenvalue weighted by molar-refractivity contribution is 0.382. The molecule has 1 N–H and O–H groups in total. The van der Waals surface area contributed by atoms with Crippen LogP contribution in [0.5, 0.6) is 5.75 Å². The summed E-state index contributed by atoms with van der Waals surface area (Å²) in [5.74, 6) is 0.0448. The molecule has 1 unspecified atom stereocenters. The van der Waals surface area contributed by atoms with Gasteiger partial charge in [0.05, 0.1) is 7.11 Å². The molecule has 1 atom stereocenters. The molecule has 0 saturated heterocycles. The number of hydrogen-bond donors (Lipinski definition) is 1. The smallest absolute Gasteiger partial charge is 0.168 e. The van der Waals surface area contributed by atoms with Gasteiger partial charge in [-0.05, 0) is 36.0 Å². The summed E-state index contributed by atoms with van der Waals surface area (Å²) < 4.78 is 19.2. The molecule has 102 valence electrons. The maximum atomic E-state index is 14.2. The molecule has 1 heterocycles. The minimum atomic E-state index is -0.260. The van der Waals surface area contributed by atoms with Crippen LogP contribution in [-0.2, 0) is 6.42 Å². The molecule has 0 aliphatic carbocycles. The van der Waals surface area contributed by atoms with Crippen LogP contribution in [0.25, 0.3) is 0 Å². The predicted molar refractivity (Wildman–Crippen MR) is 77.4 cm³/mol. The molecule has 2 rings (SSSR count). The number of hydrogen-bond acceptors (Lipinski definition) is 3. The number of methoxy groups -OCH3 is 1. The Morgan fingerprint density at radius 1 is 1.32 bits per heavy atom. The lowest BCUT2D eigenvalue weighted by atomic mass is 10.0. The fourth-order valence-corrected chi connectivity index (χ4v) is 2.90. The highest BCUT2D eigenvalue weighted by molar-refractivity contribution is 7.10. The molecule has 1 aromatic carbocycles. The van der Waals surface area contributed by atoms with Gasteiger partial charge in [-0.1, -0.05) is 25.1 Å². The molecule has 2 nitrogen and oxygen atoms in total. The number of rotatable bonds is 6. The summed E-state index contributed by atoms with van der Waals surface area (Å²) in [6.07, 6.45) is 0.622. The van der Waals surface area contributed by atoms with Crippen LogP contribution in [0.2, 0.25) is 0 Å². The van der Waals surface area contributed by atoms with Crippen LogP contribution in [0.1, 0.15) is 23.4 Å². The van der Waals surface area contributed by atoms with Crippen molar-refractivity contribution in [1.82, 2.24) is 5.32 Å². The maximum Gasteiger partial charge on any atom is 0.168 e. The van der Waals surface area contributed by atoms with E-state index in [0.29, 0.717) is 17.7 Å². The minimum Gasteiger partial charge on any atom is -0.494 e. The largest absolute Gasteiger partial charge is 0.494 e. The average Bonchev–Trinajstić information content (AvgIpc) is 2.94. The van der Waals surface area contributed by atoms with E-state index in [1.54, 1.807) is 17.4 Å². The maximum absolute atomic E-state index is 14.2. The summed E-state index contributed by atoms with van der Waals surface area (Å²) in [4.78, 5) is 1.23. The van der Waals surface area contributed by atoms with Crippen molar-refractivity contribution in [3.05, 3.63) is 52.0 Å². The molecule has 4 heteroatoms. The summed E-state index contributed by atoms with van der Waals surface area (Å²) in [7, 11) is 1.49. The van der Waals surface area contributed by atoms with Crippen LogP contribution in [-0.4, -0.2) is 13.7 Å². The van der Waals surface area contributed by atoms with E-state index in [-0.39, 0.29) is 11.9 Å². The number of likely N-dealkylation sites (N-methyl/N-ethyl adjacent to an activating group) is 1. The summed E-state index contributed by atoms with van der Waals surface area (Å²) in [5, 5.41) is 5.44. The molecule has 0 aliphatic heterocycles. The second-order valence-electron chi connectivity index (χ2n) is 4.26. The first-order valence-corrected chi connectivity index (χ1v) is 7.22. The standard InChI is InChI=1S/C15H18FNOS/c1-3-17-12(14-8-5-9-19-14)10-11-6-4-7-13(18-2)15(11)16/h4-9,12,17H,3,10H2,1-2H3. The van der Waals surface area contributed by atoms with Gasteiger partial charge in [-0.15, -0.1) is 11.3 Å². The van der Waals surface area contributed by atoms with Gasteiger partial charge in [-0.25, -0.2) is 4.39 Å². The van der Waals surface area contributed by atoms with Crippen molar-refractivity contribution in [3.8, 4) is 5.75 Å². The van der Waals surface area contributed by atoms with Crippen LogP contribution in [0, 0.1) is 5.82 Å². The number of halogens is 1. The van der Waals surface area contributed by atoms with Crippen molar-refractivity contribution in [3.63, 3.8) is 0 Å². The molecule has 1 aromatic heterocycles. The molecule has 0 saturated carbocycles. The van der Waals surface area contributed by atoms with Gasteiger partial charge in [0.15, 0.2) is 11.6 Å². The molecular weight excluding hydrogens is 261 g/mol. The Morgan fingerprint density at radius 2 is 2.16 bits per heavy atom. The van der Waals surface area contributed by atoms with Gasteiger partial charge < -0.3 is 10.1 Å². The Labute approximate surface area is 117 Å². The summed E-state index contributed by atoms with van der Waals surface area (Å²) in [5.41, 5.74) is 0.679. The minimum absolute atomic E-state index is 0.145. The molecule has 0 spiro atoms. The van der Waals surface area contributed by atoms with Gasteiger partial charge >= 0.3 is 0 Å². The third kappa shape index (κ3) is 3.33. The zero-order valence-electron chi connectivity index (χ0n) is 11.2. The van der Waals surface area contributed by atoms with E-state index in [1.165, 1.54) is 12.0 Å². The molecular formula is C15H18FNOS. The molecule has 0 amide bonds. The van der Waals surface area contributed by atoms with Crippen molar-refractivity contribution in [2.75, 3.05) is 13.7 Å². The van der Waals surface area contributed by atoms with Gasteiger partial charge in [0.1, 0.15) is 0 Å².